The van der Waals surface area contributed by atoms with Crippen molar-refractivity contribution in [2.45, 2.75) is 18.5 Å². The van der Waals surface area contributed by atoms with E-state index >= 15 is 0 Å². The first-order valence-corrected chi connectivity index (χ1v) is 9.60. The highest BCUT2D eigenvalue weighted by molar-refractivity contribution is 5.57. The van der Waals surface area contributed by atoms with Crippen molar-refractivity contribution in [1.82, 2.24) is 0 Å². The number of rotatable bonds is 4. The molecule has 0 atom stereocenters. The first kappa shape index (κ1) is 29.4. The predicted octanol–water partition coefficient (Wildman–Crippen LogP) is 8.19. The van der Waals surface area contributed by atoms with Gasteiger partial charge >= 0.3 is 18.5 Å². The fourth-order valence-electron chi connectivity index (χ4n) is 3.05. The number of alkyl halides is 9. The van der Waals surface area contributed by atoms with Gasteiger partial charge in [-0.25, -0.2) is 22.0 Å². The molecule has 0 spiro atoms. The number of nitrogens with two attached hydrogens (primary N) is 2. The Balaban J connectivity index is 2.29. The zero-order valence-corrected chi connectivity index (χ0v) is 18.1. The van der Waals surface area contributed by atoms with Crippen molar-refractivity contribution in [3.8, 4) is 23.0 Å². The van der Waals surface area contributed by atoms with Crippen LogP contribution in [0.1, 0.15) is 16.7 Å². The average Bonchev–Trinajstić information content (AvgIpc) is 2.76. The molecule has 0 bridgehead atoms. The van der Waals surface area contributed by atoms with E-state index in [9.17, 15) is 61.5 Å². The molecule has 4 nitrogen and oxygen atoms in total. The minimum absolute atomic E-state index is 0.190. The molecule has 0 aliphatic heterocycles. The van der Waals surface area contributed by atoms with Gasteiger partial charge in [0.1, 0.15) is 57.0 Å². The lowest BCUT2D eigenvalue weighted by atomic mass is 10.1. The lowest BCUT2D eigenvalue weighted by molar-refractivity contribution is -0.141. The van der Waals surface area contributed by atoms with Crippen LogP contribution in [-0.4, -0.2) is 0 Å². The summed E-state index contributed by atoms with van der Waals surface area (Å²) >= 11 is 0. The van der Waals surface area contributed by atoms with Crippen LogP contribution in [0.2, 0.25) is 0 Å². The Hall–Kier alpha value is -4.12. The minimum atomic E-state index is -5.80. The summed E-state index contributed by atoms with van der Waals surface area (Å²) in [6.07, 6.45) is -17.1. The molecule has 0 radical (unpaired) electrons. The quantitative estimate of drug-likeness (QED) is 0.239. The third-order valence-corrected chi connectivity index (χ3v) is 4.77. The first-order valence-electron chi connectivity index (χ1n) is 9.60. The molecule has 0 aliphatic rings. The summed E-state index contributed by atoms with van der Waals surface area (Å²) in [4.78, 5) is 0. The van der Waals surface area contributed by atoms with E-state index in [1.165, 1.54) is 0 Å². The SMILES string of the molecule is Nc1c(F)cc(C(F)(F)F)c(Oc2cc(F)c(C(F)(F)F)c(Oc3c(C(F)(F)F)cc(F)c(N)c3F)c2)c1F. The fraction of sp³-hybridized carbons (Fsp3) is 0.143. The molecular formula is C21H8F14N2O2. The van der Waals surface area contributed by atoms with E-state index in [1.807, 2.05) is 0 Å². The lowest BCUT2D eigenvalue weighted by Gasteiger charge is -2.20. The highest BCUT2D eigenvalue weighted by Gasteiger charge is 2.43. The van der Waals surface area contributed by atoms with E-state index in [2.05, 4.69) is 9.47 Å². The molecule has 4 N–H and O–H groups in total. The van der Waals surface area contributed by atoms with Gasteiger partial charge in [0.15, 0.2) is 23.1 Å². The summed E-state index contributed by atoms with van der Waals surface area (Å²) in [7, 11) is 0. The van der Waals surface area contributed by atoms with Crippen LogP contribution in [0.4, 0.5) is 72.8 Å². The molecule has 0 heterocycles. The van der Waals surface area contributed by atoms with Crippen LogP contribution in [0.25, 0.3) is 0 Å². The Kier molecular flexibility index (Phi) is 7.22. The number of ether oxygens (including phenoxy) is 2. The van der Waals surface area contributed by atoms with Gasteiger partial charge in [-0.2, -0.15) is 39.5 Å². The maximum absolute atomic E-state index is 14.5. The predicted molar refractivity (Wildman–Crippen MR) is 103 cm³/mol. The normalized spacial score (nSPS) is 12.6. The number of nitrogen functional groups attached to an aromatic ring is 2. The third kappa shape index (κ3) is 5.68. The molecule has 0 aromatic heterocycles. The molecule has 3 rings (SSSR count). The Bertz CT molecular complexity index is 1450. The van der Waals surface area contributed by atoms with Gasteiger partial charge in [-0.1, -0.05) is 0 Å². The maximum atomic E-state index is 14.5. The second kappa shape index (κ2) is 9.57. The largest absolute Gasteiger partial charge is 0.453 e. The van der Waals surface area contributed by atoms with Crippen molar-refractivity contribution < 1.29 is 70.9 Å². The van der Waals surface area contributed by atoms with Crippen LogP contribution >= 0.6 is 0 Å². The fourth-order valence-corrected chi connectivity index (χ4v) is 3.05. The third-order valence-electron chi connectivity index (χ3n) is 4.77. The van der Waals surface area contributed by atoms with Gasteiger partial charge in [-0.05, 0) is 12.1 Å². The van der Waals surface area contributed by atoms with Gasteiger partial charge in [-0.3, -0.25) is 0 Å². The molecule has 18 heteroatoms. The van der Waals surface area contributed by atoms with Crippen molar-refractivity contribution in [3.63, 3.8) is 0 Å². The zero-order chi connectivity index (χ0) is 29.8. The molecule has 0 unspecified atom stereocenters. The summed E-state index contributed by atoms with van der Waals surface area (Å²) < 4.78 is 200. The molecule has 0 amide bonds. The molecule has 0 saturated heterocycles. The number of anilines is 2. The lowest BCUT2D eigenvalue weighted by Crippen LogP contribution is -2.15. The molecule has 212 valence electrons. The molecule has 3 aromatic carbocycles. The zero-order valence-electron chi connectivity index (χ0n) is 18.1. The first-order chi connectivity index (χ1) is 17.6. The second-order valence-electron chi connectivity index (χ2n) is 7.40. The van der Waals surface area contributed by atoms with Crippen LogP contribution in [0.5, 0.6) is 23.0 Å². The maximum Gasteiger partial charge on any atom is 0.422 e. The summed E-state index contributed by atoms with van der Waals surface area (Å²) in [6.45, 7) is 0. The minimum Gasteiger partial charge on any atom is -0.453 e. The molecule has 3 aromatic rings. The van der Waals surface area contributed by atoms with Gasteiger partial charge in [0, 0.05) is 12.1 Å². The Morgan fingerprint density at radius 2 is 0.923 bits per heavy atom. The topological polar surface area (TPSA) is 70.5 Å². The summed E-state index contributed by atoms with van der Waals surface area (Å²) in [6, 6.07) is -1.29. The van der Waals surface area contributed by atoms with Crippen molar-refractivity contribution in [2.75, 3.05) is 11.5 Å². The monoisotopic (exact) mass is 586 g/mol. The number of hydrogen-bond acceptors (Lipinski definition) is 4. The van der Waals surface area contributed by atoms with Crippen LogP contribution in [-0.2, 0) is 18.5 Å². The van der Waals surface area contributed by atoms with Crippen molar-refractivity contribution in [2.24, 2.45) is 0 Å². The smallest absolute Gasteiger partial charge is 0.422 e. The van der Waals surface area contributed by atoms with Crippen LogP contribution < -0.4 is 20.9 Å². The Morgan fingerprint density at radius 3 is 1.31 bits per heavy atom. The Morgan fingerprint density at radius 1 is 0.513 bits per heavy atom. The number of benzene rings is 3. The molecule has 0 aliphatic carbocycles. The Labute approximate surface area is 206 Å². The van der Waals surface area contributed by atoms with Crippen molar-refractivity contribution in [1.29, 1.82) is 0 Å². The molecule has 39 heavy (non-hydrogen) atoms. The van der Waals surface area contributed by atoms with Gasteiger partial charge in [0.25, 0.3) is 0 Å². The summed E-state index contributed by atoms with van der Waals surface area (Å²) in [5.41, 5.74) is -0.429. The van der Waals surface area contributed by atoms with Crippen LogP contribution in [0.3, 0.4) is 0 Å². The van der Waals surface area contributed by atoms with E-state index in [1.54, 1.807) is 0 Å². The van der Waals surface area contributed by atoms with Crippen LogP contribution in [0.15, 0.2) is 24.3 Å². The average molecular weight is 586 g/mol. The van der Waals surface area contributed by atoms with E-state index in [-0.39, 0.29) is 18.2 Å². The van der Waals surface area contributed by atoms with E-state index in [4.69, 9.17) is 11.5 Å². The van der Waals surface area contributed by atoms with E-state index in [0.717, 1.165) is 0 Å². The van der Waals surface area contributed by atoms with Gasteiger partial charge in [0.2, 0.25) is 0 Å². The highest BCUT2D eigenvalue weighted by atomic mass is 19.4. The highest BCUT2D eigenvalue weighted by Crippen LogP contribution is 2.48. The second-order valence-corrected chi connectivity index (χ2v) is 7.40. The van der Waals surface area contributed by atoms with Gasteiger partial charge in [-0.15, -0.1) is 0 Å². The van der Waals surface area contributed by atoms with Crippen LogP contribution in [0, 0.1) is 29.1 Å². The number of hydrogen-bond donors (Lipinski definition) is 2. The van der Waals surface area contributed by atoms with Crippen molar-refractivity contribution in [3.05, 3.63) is 70.0 Å². The molecular weight excluding hydrogens is 578 g/mol. The van der Waals surface area contributed by atoms with Gasteiger partial charge in [0.05, 0.1) is 0 Å². The van der Waals surface area contributed by atoms with Crippen molar-refractivity contribution >= 4 is 11.4 Å². The molecule has 0 saturated carbocycles. The molecule has 0 fully saturated rings. The van der Waals surface area contributed by atoms with E-state index < -0.39 is 105 Å². The standard InChI is InChI=1S/C21H8F14N2O2/c22-8-1-5(38-17-6(19(27,28)29)3-9(23)15(36)13(17)25)2-11(12(8)21(33,34)35)39-18-7(20(30,31)32)4-10(24)16(37)14(18)26/h1-4H,36-37H2. The number of halogens is 14. The summed E-state index contributed by atoms with van der Waals surface area (Å²) in [5, 5.41) is 0. The van der Waals surface area contributed by atoms with E-state index in [0.29, 0.717) is 0 Å². The van der Waals surface area contributed by atoms with Gasteiger partial charge < -0.3 is 20.9 Å². The summed E-state index contributed by atoms with van der Waals surface area (Å²) in [5.74, 6) is -18.7.